The highest BCUT2D eigenvalue weighted by molar-refractivity contribution is 6.35. The Kier molecular flexibility index (Phi) is 11.4. The SMILES string of the molecule is CC(C)C[C@H](NC(=O)C(=O)N[C@@H]1CCCc2ccccc21)C(=O)N[C@@H](C[C@@H]1CCNC1=O)C(=O)COc1c(F)c(F)cc(F)c1F. The largest absolute Gasteiger partial charge is 0.479 e. The van der Waals surface area contributed by atoms with Gasteiger partial charge in [0.15, 0.2) is 23.2 Å². The molecule has 4 rings (SSSR count). The van der Waals surface area contributed by atoms with Gasteiger partial charge in [0.1, 0.15) is 12.6 Å². The summed E-state index contributed by atoms with van der Waals surface area (Å²) in [6, 6.07) is 4.44. The van der Waals surface area contributed by atoms with Crippen molar-refractivity contribution in [1.29, 1.82) is 0 Å². The highest BCUT2D eigenvalue weighted by Gasteiger charge is 2.35. The first kappa shape index (κ1) is 34.4. The number of Topliss-reactive ketones (excluding diaryl/α,β-unsaturated/α-hetero) is 1. The zero-order chi connectivity index (χ0) is 33.5. The van der Waals surface area contributed by atoms with Crippen molar-refractivity contribution < 1.29 is 46.3 Å². The molecule has 2 aliphatic rings. The van der Waals surface area contributed by atoms with E-state index in [2.05, 4.69) is 21.3 Å². The molecule has 2 aromatic rings. The number of ether oxygens (including phenoxy) is 1. The van der Waals surface area contributed by atoms with Gasteiger partial charge < -0.3 is 26.0 Å². The Hall–Kier alpha value is -4.49. The first-order valence-corrected chi connectivity index (χ1v) is 15.1. The molecule has 1 saturated heterocycles. The van der Waals surface area contributed by atoms with E-state index < -0.39 is 77.1 Å². The number of rotatable bonds is 12. The van der Waals surface area contributed by atoms with Crippen LogP contribution < -0.4 is 26.0 Å². The van der Waals surface area contributed by atoms with E-state index in [-0.39, 0.29) is 36.8 Å². The van der Waals surface area contributed by atoms with Gasteiger partial charge in [-0.25, -0.2) is 8.78 Å². The number of hydrogen-bond acceptors (Lipinski definition) is 6. The maximum atomic E-state index is 14.1. The van der Waals surface area contributed by atoms with Gasteiger partial charge in [-0.2, -0.15) is 8.78 Å². The minimum absolute atomic E-state index is 0.0153. The van der Waals surface area contributed by atoms with Crippen LogP contribution in [0.3, 0.4) is 0 Å². The van der Waals surface area contributed by atoms with Crippen molar-refractivity contribution in [2.45, 2.75) is 70.5 Å². The molecule has 0 saturated carbocycles. The Morgan fingerprint density at radius 2 is 1.65 bits per heavy atom. The number of aryl methyl sites for hydroxylation is 1. The molecule has 1 heterocycles. The van der Waals surface area contributed by atoms with Crippen LogP contribution >= 0.6 is 0 Å². The standard InChI is InChI=1S/C32H36F4N4O6/c1-16(2)12-24(40-32(45)31(44)38-22-9-5-7-17-6-3-4-8-19(17)22)30(43)39-23(13-18-10-11-37-29(18)42)25(41)15-46-28-26(35)20(33)14-21(34)27(28)36/h3-4,6,8,14,16,18,22-24H,5,7,9-13,15H2,1-2H3,(H,37,42)(H,38,44)(H,39,43)(H,40,45)/t18-,22+,23-,24-/m0/s1. The fraction of sp³-hybridized carbons (Fsp3) is 0.469. The number of ketones is 1. The first-order valence-electron chi connectivity index (χ1n) is 15.1. The molecule has 4 amide bonds. The van der Waals surface area contributed by atoms with Gasteiger partial charge in [-0.3, -0.25) is 24.0 Å². The third kappa shape index (κ3) is 8.40. The number of amides is 4. The zero-order valence-electron chi connectivity index (χ0n) is 25.4. The number of fused-ring (bicyclic) bond motifs is 1. The van der Waals surface area contributed by atoms with Gasteiger partial charge in [0.05, 0.1) is 12.1 Å². The average molecular weight is 649 g/mol. The molecule has 0 bridgehead atoms. The second kappa shape index (κ2) is 15.2. The van der Waals surface area contributed by atoms with E-state index in [9.17, 15) is 41.5 Å². The maximum Gasteiger partial charge on any atom is 0.309 e. The van der Waals surface area contributed by atoms with Crippen LogP contribution in [-0.2, 0) is 30.4 Å². The van der Waals surface area contributed by atoms with Gasteiger partial charge in [0.25, 0.3) is 0 Å². The van der Waals surface area contributed by atoms with Crippen LogP contribution in [0.5, 0.6) is 5.75 Å². The lowest BCUT2D eigenvalue weighted by atomic mass is 9.88. The topological polar surface area (TPSA) is 143 Å². The van der Waals surface area contributed by atoms with E-state index in [1.807, 2.05) is 24.3 Å². The van der Waals surface area contributed by atoms with E-state index >= 15 is 0 Å². The molecule has 14 heteroatoms. The van der Waals surface area contributed by atoms with Crippen molar-refractivity contribution in [3.05, 3.63) is 64.7 Å². The second-order valence-corrected chi connectivity index (χ2v) is 11.9. The Balaban J connectivity index is 1.46. The lowest BCUT2D eigenvalue weighted by Crippen LogP contribution is -2.55. The summed E-state index contributed by atoms with van der Waals surface area (Å²) in [5.41, 5.74) is 1.98. The lowest BCUT2D eigenvalue weighted by molar-refractivity contribution is -0.141. The molecule has 0 unspecified atom stereocenters. The predicted octanol–water partition coefficient (Wildman–Crippen LogP) is 2.93. The Morgan fingerprint density at radius 1 is 0.957 bits per heavy atom. The highest BCUT2D eigenvalue weighted by Crippen LogP contribution is 2.29. The predicted molar refractivity (Wildman–Crippen MR) is 156 cm³/mol. The zero-order valence-corrected chi connectivity index (χ0v) is 25.4. The van der Waals surface area contributed by atoms with Crippen LogP contribution in [0.15, 0.2) is 30.3 Å². The van der Waals surface area contributed by atoms with Crippen LogP contribution in [0, 0.1) is 35.1 Å². The smallest absolute Gasteiger partial charge is 0.309 e. The highest BCUT2D eigenvalue weighted by atomic mass is 19.2. The number of carbonyl (C=O) groups is 5. The van der Waals surface area contributed by atoms with Crippen molar-refractivity contribution in [2.75, 3.05) is 13.2 Å². The summed E-state index contributed by atoms with van der Waals surface area (Å²) in [5.74, 6) is -13.7. The molecule has 46 heavy (non-hydrogen) atoms. The van der Waals surface area contributed by atoms with E-state index in [0.717, 1.165) is 24.0 Å². The van der Waals surface area contributed by atoms with Gasteiger partial charge >= 0.3 is 11.8 Å². The molecule has 248 valence electrons. The van der Waals surface area contributed by atoms with Crippen LogP contribution in [0.25, 0.3) is 0 Å². The molecule has 0 spiro atoms. The van der Waals surface area contributed by atoms with E-state index in [1.54, 1.807) is 13.8 Å². The van der Waals surface area contributed by atoms with Crippen LogP contribution in [-0.4, -0.2) is 54.6 Å². The van der Waals surface area contributed by atoms with Gasteiger partial charge in [-0.1, -0.05) is 38.1 Å². The van der Waals surface area contributed by atoms with Gasteiger partial charge in [-0.05, 0) is 55.6 Å². The molecule has 1 aliphatic heterocycles. The summed E-state index contributed by atoms with van der Waals surface area (Å²) in [6.45, 7) is 2.75. The molecule has 1 fully saturated rings. The molecule has 1 aliphatic carbocycles. The molecule has 2 aromatic carbocycles. The minimum atomic E-state index is -1.85. The van der Waals surface area contributed by atoms with Crippen molar-refractivity contribution >= 4 is 29.4 Å². The third-order valence-corrected chi connectivity index (χ3v) is 8.03. The van der Waals surface area contributed by atoms with Gasteiger partial charge in [0, 0.05) is 18.5 Å². The van der Waals surface area contributed by atoms with Crippen molar-refractivity contribution in [3.8, 4) is 5.75 Å². The molecule has 4 atom stereocenters. The summed E-state index contributed by atoms with van der Waals surface area (Å²) in [4.78, 5) is 64.8. The normalized spacial score (nSPS) is 18.6. The molecule has 0 radical (unpaired) electrons. The number of nitrogens with one attached hydrogen (secondary N) is 4. The molecular formula is C32H36F4N4O6. The van der Waals surface area contributed by atoms with Crippen molar-refractivity contribution in [2.24, 2.45) is 11.8 Å². The summed E-state index contributed by atoms with van der Waals surface area (Å²) in [5, 5.41) is 10.2. The Bertz CT molecular complexity index is 1480. The summed E-state index contributed by atoms with van der Waals surface area (Å²) in [7, 11) is 0. The summed E-state index contributed by atoms with van der Waals surface area (Å²) < 4.78 is 60.3. The Labute approximate surface area is 263 Å². The average Bonchev–Trinajstić information content (AvgIpc) is 3.42. The van der Waals surface area contributed by atoms with Crippen LogP contribution in [0.1, 0.15) is 63.1 Å². The fourth-order valence-electron chi connectivity index (χ4n) is 5.67. The summed E-state index contributed by atoms with van der Waals surface area (Å²) >= 11 is 0. The third-order valence-electron chi connectivity index (χ3n) is 8.03. The number of hydrogen-bond donors (Lipinski definition) is 4. The van der Waals surface area contributed by atoms with Gasteiger partial charge in [0.2, 0.25) is 23.4 Å². The molecular weight excluding hydrogens is 612 g/mol. The van der Waals surface area contributed by atoms with E-state index in [0.29, 0.717) is 19.4 Å². The van der Waals surface area contributed by atoms with E-state index in [1.165, 1.54) is 0 Å². The van der Waals surface area contributed by atoms with Crippen molar-refractivity contribution in [3.63, 3.8) is 0 Å². The number of benzene rings is 2. The fourth-order valence-corrected chi connectivity index (χ4v) is 5.67. The van der Waals surface area contributed by atoms with Gasteiger partial charge in [-0.15, -0.1) is 0 Å². The van der Waals surface area contributed by atoms with Crippen LogP contribution in [0.4, 0.5) is 17.6 Å². The lowest BCUT2D eigenvalue weighted by Gasteiger charge is -2.27. The number of carbonyl (C=O) groups excluding carboxylic acids is 5. The Morgan fingerprint density at radius 3 is 2.30 bits per heavy atom. The van der Waals surface area contributed by atoms with Crippen molar-refractivity contribution in [1.82, 2.24) is 21.3 Å². The maximum absolute atomic E-state index is 14.1. The molecule has 4 N–H and O–H groups in total. The van der Waals surface area contributed by atoms with Crippen LogP contribution in [0.2, 0.25) is 0 Å². The number of halogens is 4. The van der Waals surface area contributed by atoms with E-state index in [4.69, 9.17) is 4.74 Å². The monoisotopic (exact) mass is 648 g/mol. The quantitative estimate of drug-likeness (QED) is 0.159. The summed E-state index contributed by atoms with van der Waals surface area (Å²) in [6.07, 6.45) is 2.45. The second-order valence-electron chi connectivity index (χ2n) is 11.9. The molecule has 0 aromatic heterocycles. The first-order chi connectivity index (χ1) is 21.8. The minimum Gasteiger partial charge on any atom is -0.479 e. The molecule has 10 nitrogen and oxygen atoms in total.